The number of rotatable bonds is 13. The maximum absolute atomic E-state index is 12.5. The zero-order valence-corrected chi connectivity index (χ0v) is 19.1. The molecule has 174 valence electrons. The molecule has 1 aromatic heterocycles. The number of carbonyl (C=O) groups excluding carboxylic acids is 1. The summed E-state index contributed by atoms with van der Waals surface area (Å²) in [6, 6.07) is 6.40. The van der Waals surface area contributed by atoms with Gasteiger partial charge in [-0.2, -0.15) is 0 Å². The number of carboxylic acid groups (broad SMARTS) is 1. The SMILES string of the molecule is CCCOc1ccc(C(CC(=O)O)NC(=O)CCCNc2nc(C)cc(C)n2)cc1OC. The van der Waals surface area contributed by atoms with E-state index in [0.29, 0.717) is 42.6 Å². The van der Waals surface area contributed by atoms with Crippen molar-refractivity contribution in [2.75, 3.05) is 25.6 Å². The summed E-state index contributed by atoms with van der Waals surface area (Å²) in [6.07, 6.45) is 1.41. The van der Waals surface area contributed by atoms with Crippen LogP contribution < -0.4 is 20.1 Å². The smallest absolute Gasteiger partial charge is 0.305 e. The van der Waals surface area contributed by atoms with E-state index < -0.39 is 12.0 Å². The van der Waals surface area contributed by atoms with Gasteiger partial charge in [0.05, 0.1) is 26.2 Å². The number of nitrogens with zero attached hydrogens (tertiary/aromatic N) is 2. The Labute approximate surface area is 188 Å². The largest absolute Gasteiger partial charge is 0.493 e. The molecule has 0 saturated carbocycles. The number of aryl methyl sites for hydroxylation is 2. The van der Waals surface area contributed by atoms with Crippen LogP contribution in [-0.4, -0.2) is 47.2 Å². The van der Waals surface area contributed by atoms with Gasteiger partial charge < -0.3 is 25.2 Å². The first-order valence-corrected chi connectivity index (χ1v) is 10.7. The van der Waals surface area contributed by atoms with E-state index in [1.165, 1.54) is 7.11 Å². The highest BCUT2D eigenvalue weighted by atomic mass is 16.5. The number of benzene rings is 1. The molecule has 0 spiro atoms. The van der Waals surface area contributed by atoms with Crippen LogP contribution >= 0.6 is 0 Å². The molecule has 1 heterocycles. The molecule has 1 amide bonds. The van der Waals surface area contributed by atoms with E-state index in [4.69, 9.17) is 9.47 Å². The van der Waals surface area contributed by atoms with Gasteiger partial charge in [0.2, 0.25) is 11.9 Å². The topological polar surface area (TPSA) is 123 Å². The molecular weight excluding hydrogens is 412 g/mol. The van der Waals surface area contributed by atoms with Gasteiger partial charge in [0.25, 0.3) is 0 Å². The predicted molar refractivity (Wildman–Crippen MR) is 121 cm³/mol. The number of hydrogen-bond acceptors (Lipinski definition) is 7. The minimum Gasteiger partial charge on any atom is -0.493 e. The average molecular weight is 445 g/mol. The van der Waals surface area contributed by atoms with Gasteiger partial charge in [0.15, 0.2) is 11.5 Å². The minimum atomic E-state index is -1.01. The molecule has 0 bridgehead atoms. The Morgan fingerprint density at radius 2 is 1.84 bits per heavy atom. The number of ether oxygens (including phenoxy) is 2. The number of aliphatic carboxylic acids is 1. The van der Waals surface area contributed by atoms with E-state index >= 15 is 0 Å². The summed E-state index contributed by atoms with van der Waals surface area (Å²) in [6.45, 7) is 6.87. The Balaban J connectivity index is 1.96. The van der Waals surface area contributed by atoms with Crippen molar-refractivity contribution in [1.29, 1.82) is 0 Å². The second kappa shape index (κ2) is 12.5. The molecule has 2 rings (SSSR count). The lowest BCUT2D eigenvalue weighted by atomic mass is 10.0. The third-order valence-corrected chi connectivity index (χ3v) is 4.61. The predicted octanol–water partition coefficient (Wildman–Crippen LogP) is 3.42. The van der Waals surface area contributed by atoms with Crippen molar-refractivity contribution in [2.24, 2.45) is 0 Å². The Bertz CT molecular complexity index is 899. The van der Waals surface area contributed by atoms with Crippen LogP contribution in [0.25, 0.3) is 0 Å². The fourth-order valence-electron chi connectivity index (χ4n) is 3.18. The van der Waals surface area contributed by atoms with Crippen molar-refractivity contribution < 1.29 is 24.2 Å². The van der Waals surface area contributed by atoms with Crippen LogP contribution in [0, 0.1) is 13.8 Å². The lowest BCUT2D eigenvalue weighted by Crippen LogP contribution is -2.30. The maximum Gasteiger partial charge on any atom is 0.305 e. The Morgan fingerprint density at radius 3 is 2.47 bits per heavy atom. The van der Waals surface area contributed by atoms with Crippen molar-refractivity contribution >= 4 is 17.8 Å². The Hall–Kier alpha value is -3.36. The van der Waals surface area contributed by atoms with Crippen molar-refractivity contribution in [1.82, 2.24) is 15.3 Å². The standard InChI is InChI=1S/C23H32N4O5/c1-5-11-32-19-9-8-17(13-20(19)31-4)18(14-22(29)30)27-21(28)7-6-10-24-23-25-15(2)12-16(3)26-23/h8-9,12-13,18H,5-7,10-11,14H2,1-4H3,(H,27,28)(H,29,30)(H,24,25,26). The van der Waals surface area contributed by atoms with Crippen LogP contribution in [0.2, 0.25) is 0 Å². The summed E-state index contributed by atoms with van der Waals surface area (Å²) in [5.74, 6) is 0.374. The molecule has 9 heteroatoms. The second-order valence-corrected chi connectivity index (χ2v) is 7.48. The maximum atomic E-state index is 12.5. The average Bonchev–Trinajstić information content (AvgIpc) is 2.73. The van der Waals surface area contributed by atoms with Gasteiger partial charge in [-0.25, -0.2) is 9.97 Å². The number of nitrogens with one attached hydrogen (secondary N) is 2. The van der Waals surface area contributed by atoms with Gasteiger partial charge >= 0.3 is 5.97 Å². The summed E-state index contributed by atoms with van der Waals surface area (Å²) in [5.41, 5.74) is 2.38. The molecule has 32 heavy (non-hydrogen) atoms. The quantitative estimate of drug-likeness (QED) is 0.402. The number of aromatic nitrogens is 2. The number of carboxylic acids is 1. The number of hydrogen-bond donors (Lipinski definition) is 3. The molecule has 0 saturated heterocycles. The zero-order chi connectivity index (χ0) is 23.5. The Morgan fingerprint density at radius 1 is 1.12 bits per heavy atom. The van der Waals surface area contributed by atoms with Crippen molar-refractivity contribution in [3.63, 3.8) is 0 Å². The van der Waals surface area contributed by atoms with Gasteiger partial charge in [0.1, 0.15) is 0 Å². The van der Waals surface area contributed by atoms with Gasteiger partial charge in [-0.3, -0.25) is 9.59 Å². The van der Waals surface area contributed by atoms with Gasteiger partial charge in [-0.1, -0.05) is 13.0 Å². The molecule has 0 aliphatic carbocycles. The first kappa shape index (κ1) is 24.9. The molecule has 0 radical (unpaired) electrons. The molecule has 0 aliphatic heterocycles. The lowest BCUT2D eigenvalue weighted by Gasteiger charge is -2.19. The van der Waals surface area contributed by atoms with Crippen LogP contribution in [0.5, 0.6) is 11.5 Å². The van der Waals surface area contributed by atoms with Crippen LogP contribution in [0.15, 0.2) is 24.3 Å². The summed E-state index contributed by atoms with van der Waals surface area (Å²) in [5, 5.41) is 15.2. The van der Waals surface area contributed by atoms with Crippen molar-refractivity contribution in [3.8, 4) is 11.5 Å². The van der Waals surface area contributed by atoms with Crippen LogP contribution in [0.1, 0.15) is 55.6 Å². The Kier molecular flexibility index (Phi) is 9.72. The fourth-order valence-corrected chi connectivity index (χ4v) is 3.18. The first-order valence-electron chi connectivity index (χ1n) is 10.7. The molecule has 3 N–H and O–H groups in total. The van der Waals surface area contributed by atoms with E-state index in [1.807, 2.05) is 26.8 Å². The molecule has 0 aliphatic rings. The van der Waals surface area contributed by atoms with E-state index in [2.05, 4.69) is 20.6 Å². The molecule has 1 unspecified atom stereocenters. The molecule has 2 aromatic rings. The highest BCUT2D eigenvalue weighted by Gasteiger charge is 2.20. The van der Waals surface area contributed by atoms with E-state index in [1.54, 1.807) is 18.2 Å². The van der Waals surface area contributed by atoms with Crippen LogP contribution in [0.3, 0.4) is 0 Å². The van der Waals surface area contributed by atoms with Crippen molar-refractivity contribution in [2.45, 2.75) is 52.5 Å². The molecule has 1 atom stereocenters. The van der Waals surface area contributed by atoms with Gasteiger partial charge in [-0.05, 0) is 50.5 Å². The zero-order valence-electron chi connectivity index (χ0n) is 19.1. The lowest BCUT2D eigenvalue weighted by molar-refractivity contribution is -0.137. The molecule has 0 fully saturated rings. The van der Waals surface area contributed by atoms with Gasteiger partial charge in [0, 0.05) is 24.4 Å². The van der Waals surface area contributed by atoms with E-state index in [-0.39, 0.29) is 18.7 Å². The summed E-state index contributed by atoms with van der Waals surface area (Å²) in [4.78, 5) is 32.4. The summed E-state index contributed by atoms with van der Waals surface area (Å²) in [7, 11) is 1.52. The monoisotopic (exact) mass is 444 g/mol. The van der Waals surface area contributed by atoms with E-state index in [0.717, 1.165) is 17.8 Å². The first-order chi connectivity index (χ1) is 15.3. The second-order valence-electron chi connectivity index (χ2n) is 7.48. The third-order valence-electron chi connectivity index (χ3n) is 4.61. The highest BCUT2D eigenvalue weighted by molar-refractivity contribution is 5.77. The number of anilines is 1. The summed E-state index contributed by atoms with van der Waals surface area (Å²) < 4.78 is 11.0. The third kappa shape index (κ3) is 8.05. The fraction of sp³-hybridized carbons (Fsp3) is 0.478. The molecule has 1 aromatic carbocycles. The minimum absolute atomic E-state index is 0.232. The highest BCUT2D eigenvalue weighted by Crippen LogP contribution is 2.31. The van der Waals surface area contributed by atoms with Crippen molar-refractivity contribution in [3.05, 3.63) is 41.2 Å². The van der Waals surface area contributed by atoms with Crippen LogP contribution in [-0.2, 0) is 9.59 Å². The number of amides is 1. The molecule has 9 nitrogen and oxygen atoms in total. The number of methoxy groups -OCH3 is 1. The number of carbonyl (C=O) groups is 2. The molecular formula is C23H32N4O5. The normalized spacial score (nSPS) is 11.5. The van der Waals surface area contributed by atoms with Crippen LogP contribution in [0.4, 0.5) is 5.95 Å². The van der Waals surface area contributed by atoms with E-state index in [9.17, 15) is 14.7 Å². The van der Waals surface area contributed by atoms with Gasteiger partial charge in [-0.15, -0.1) is 0 Å². The summed E-state index contributed by atoms with van der Waals surface area (Å²) >= 11 is 0.